The van der Waals surface area contributed by atoms with E-state index in [1.54, 1.807) is 88.0 Å². The normalized spacial score (nSPS) is 28.4. The summed E-state index contributed by atoms with van der Waals surface area (Å²) in [6.07, 6.45) is 14.7. The van der Waals surface area contributed by atoms with Crippen molar-refractivity contribution < 1.29 is 146 Å². The number of benzene rings is 3. The van der Waals surface area contributed by atoms with E-state index in [1.165, 1.54) is 86.3 Å². The maximum Gasteiger partial charge on any atom is 0.312 e. The lowest BCUT2D eigenvalue weighted by molar-refractivity contribution is -0.159. The van der Waals surface area contributed by atoms with E-state index in [-0.39, 0.29) is 91.3 Å². The predicted molar refractivity (Wildman–Crippen MR) is 537 cm³/mol. The van der Waals surface area contributed by atoms with Crippen LogP contribution in [0.4, 0.5) is 5.69 Å². The van der Waals surface area contributed by atoms with Crippen molar-refractivity contribution in [2.75, 3.05) is 84.0 Å². The van der Waals surface area contributed by atoms with E-state index < -0.39 is 212 Å². The lowest BCUT2D eigenvalue weighted by Gasteiger charge is -2.37. The van der Waals surface area contributed by atoms with Crippen LogP contribution < -0.4 is 30.7 Å². The Balaban J connectivity index is 0.000000325. The topological polar surface area (TPSA) is 560 Å². The SMILES string of the molecule is C=C(CCCC(=O)NC(C=O)C=O)OCCN1CCN(/N=C/C2=C3NC(=O)/C(C)=C\C=C\[C@H](C)[C@H](O)[C@@H](C)[C@@H](O)[C@@H](C)[C@H](OC(C)=O)[C@H](C)[C@@H](C)/C=C/O[C@@]4(C)Oc5c(C)c(O)c(c(c5C4=O)C2=O)C3=O)CC1.C=C(CCCC(=O)NC(C=O)C=O)OCCN1CCN(/N=C/c2c3c(O)c4c(O)c(C)c5c(c4c2O)C(=O)[C@@](C)(O/C=C/[C@H](C)[C@@H](C)[C@@H](OC(C)=O)[C@H](C)[C@H](O)[C@H](C)[C@@H](O)[C@@H](C)/C=C/C=C(/C)C(=O)N3)O5)CC1. The number of esters is 2. The zero-order valence-electron chi connectivity index (χ0n) is 86.0. The molecule has 40 heteroatoms. The number of ether oxygens (including phenoxy) is 8. The van der Waals surface area contributed by atoms with Crippen molar-refractivity contribution in [1.82, 2.24) is 35.8 Å². The fraction of sp³-hybridized carbons (Fsp3) is 0.528. The summed E-state index contributed by atoms with van der Waals surface area (Å²) in [7, 11) is 0. The van der Waals surface area contributed by atoms with E-state index in [0.29, 0.717) is 141 Å². The van der Waals surface area contributed by atoms with Crippen molar-refractivity contribution >= 4 is 113 Å². The molecule has 1 aliphatic carbocycles. The Labute approximate surface area is 848 Å². The van der Waals surface area contributed by atoms with Gasteiger partial charge in [0.25, 0.3) is 23.4 Å². The fourth-order valence-electron chi connectivity index (χ4n) is 18.3. The van der Waals surface area contributed by atoms with Gasteiger partial charge < -0.3 is 119 Å². The second kappa shape index (κ2) is 51.5. The molecule has 0 radical (unpaired) electrons. The number of hydrazone groups is 2. The van der Waals surface area contributed by atoms with Crippen LogP contribution in [0.2, 0.25) is 0 Å². The molecule has 0 aromatic heterocycles. The van der Waals surface area contributed by atoms with Gasteiger partial charge >= 0.3 is 23.5 Å². The van der Waals surface area contributed by atoms with E-state index >= 15 is 0 Å². The number of aromatic hydroxyl groups is 4. The van der Waals surface area contributed by atoms with Crippen LogP contribution in [0.15, 0.2) is 118 Å². The van der Waals surface area contributed by atoms with Crippen LogP contribution >= 0.6 is 0 Å². The molecule has 9 aliphatic rings. The molecule has 2 fully saturated rings. The van der Waals surface area contributed by atoms with E-state index in [4.69, 9.17) is 37.9 Å². The number of carbonyl (C=O) groups is 14. The van der Waals surface area contributed by atoms with Crippen molar-refractivity contribution in [2.24, 2.45) is 69.4 Å². The van der Waals surface area contributed by atoms with E-state index in [1.807, 2.05) is 27.7 Å². The molecule has 12 N–H and O–H groups in total. The van der Waals surface area contributed by atoms with Gasteiger partial charge in [-0.15, -0.1) is 0 Å². The molecule has 3 aromatic carbocycles. The first-order chi connectivity index (χ1) is 68.9. The van der Waals surface area contributed by atoms with Crippen LogP contribution in [0.1, 0.15) is 207 Å². The first-order valence-corrected chi connectivity index (χ1v) is 49.0. The van der Waals surface area contributed by atoms with Crippen molar-refractivity contribution in [1.29, 1.82) is 0 Å². The van der Waals surface area contributed by atoms with Gasteiger partial charge in [-0.2, -0.15) is 10.2 Å². The first-order valence-electron chi connectivity index (χ1n) is 49.0. The number of nitrogens with one attached hydrogen (secondary N) is 4. The van der Waals surface area contributed by atoms with E-state index in [0.717, 1.165) is 6.21 Å². The van der Waals surface area contributed by atoms with Crippen LogP contribution in [-0.2, 0) is 76.4 Å². The average molecular weight is 2030 g/mol. The number of aliphatic hydroxyl groups excluding tert-OH is 4. The molecule has 8 aliphatic heterocycles. The molecule has 4 amide bonds. The van der Waals surface area contributed by atoms with Crippen LogP contribution in [-0.4, -0.2) is 296 Å². The van der Waals surface area contributed by atoms with Gasteiger partial charge in [0.05, 0.1) is 105 Å². The number of anilines is 1. The van der Waals surface area contributed by atoms with E-state index in [2.05, 4.69) is 54.4 Å². The maximum atomic E-state index is 14.9. The summed E-state index contributed by atoms with van der Waals surface area (Å²) in [5.41, 5.74) is -2.59. The van der Waals surface area contributed by atoms with Gasteiger partial charge in [-0.05, 0) is 76.4 Å². The smallest absolute Gasteiger partial charge is 0.312 e. The molecule has 40 nitrogen and oxygen atoms in total. The first kappa shape index (κ1) is 116. The number of phenols is 4. The number of hydrogen-bond acceptors (Lipinski definition) is 36. The summed E-state index contributed by atoms with van der Waals surface area (Å²) in [4.78, 5) is 183. The number of hydrogen-bond donors (Lipinski definition) is 12. The Morgan fingerprint density at radius 1 is 0.486 bits per heavy atom. The highest BCUT2D eigenvalue weighted by atomic mass is 16.7. The highest BCUT2D eigenvalue weighted by Crippen LogP contribution is 2.56. The molecular weight excluding hydrogens is 1890 g/mol. The van der Waals surface area contributed by atoms with Crippen molar-refractivity contribution in [2.45, 2.75) is 223 Å². The highest BCUT2D eigenvalue weighted by molar-refractivity contribution is 6.38. The second-order valence-electron chi connectivity index (χ2n) is 38.8. The van der Waals surface area contributed by atoms with Crippen LogP contribution in [0.3, 0.4) is 0 Å². The number of nitrogens with zero attached hydrogens (tertiary/aromatic N) is 6. The summed E-state index contributed by atoms with van der Waals surface area (Å²) in [5, 5.41) is 115. The number of phenolic OH excluding ortho intramolecular Hbond substituents is 4. The number of carbonyl (C=O) groups excluding carboxylic acids is 14. The summed E-state index contributed by atoms with van der Waals surface area (Å²) < 4.78 is 47.4. The number of piperazine rings is 2. The minimum absolute atomic E-state index is 0.0305. The van der Waals surface area contributed by atoms with Gasteiger partial charge in [-0.1, -0.05) is 119 Å². The molecule has 0 unspecified atom stereocenters. The summed E-state index contributed by atoms with van der Waals surface area (Å²) in [6.45, 7) is 42.0. The van der Waals surface area contributed by atoms with Crippen molar-refractivity contribution in [3.8, 4) is 34.5 Å². The van der Waals surface area contributed by atoms with Crippen LogP contribution in [0, 0.1) is 73.0 Å². The summed E-state index contributed by atoms with van der Waals surface area (Å²) in [5.74, 6) is -18.3. The molecular formula is C106H140N10O30. The second-order valence-corrected chi connectivity index (χ2v) is 38.8. The van der Waals surface area contributed by atoms with Crippen molar-refractivity contribution in [3.63, 3.8) is 0 Å². The number of aldehydes is 4. The standard InChI is InChI=1S/C53H71N5O15.C53H69N5O15/c2*1-28-17-23-71-53(10)51(68)42-40-41(46(65)35(8)50(42)73-53)48(67)43(56-52(69)30(3)14-11-13-29(2)44(63)33(6)45(64)34(7)49(32(28)5)72-36(9)61)38(47(40)66)25-54-58-20-18-57(19-21-58)22-24-70-31(4)15-12-16-39(62)55-37(26-59)27-60/h11,13-14,17,23,25-29,32-34,37,44-45,49,63-67H,4,12,15-16,18-22,24H2,1-3,5-10H3,(H,55,62)(H,56,69);11,13-14,17,23,25-29,32-34,37,44-45,49,63-65H,4,12,15-16,18-22,24H2,1-3,5-10H3,(H,55,62)(H,56,69)/b2*13-11+,23-17+,30-14-,54-25+/t2*28-,29-,32+,33+,34+,44-,45+,49+,53-/m00/s1. The number of fused-ring (bicyclic) bond motifs is 28. The van der Waals surface area contributed by atoms with Gasteiger partial charge in [-0.25, -0.2) is 0 Å². The number of amides is 4. The maximum absolute atomic E-state index is 14.9. The Bertz CT molecular complexity index is 5720. The number of allylic oxidation sites excluding steroid dienone is 10. The quantitative estimate of drug-likeness (QED) is 0.00614. The average Bonchev–Trinajstić information content (AvgIpc) is 1.51. The molecule has 3 aromatic rings. The highest BCUT2D eigenvalue weighted by Gasteiger charge is 2.54. The number of rotatable bonds is 28. The molecule has 146 heavy (non-hydrogen) atoms. The summed E-state index contributed by atoms with van der Waals surface area (Å²) in [6, 6.07) is -2.36. The predicted octanol–water partition coefficient (Wildman–Crippen LogP) is 8.72. The molecule has 10 bridgehead atoms. The van der Waals surface area contributed by atoms with Crippen molar-refractivity contribution in [3.05, 3.63) is 147 Å². The summed E-state index contributed by atoms with van der Waals surface area (Å²) >= 11 is 0. The van der Waals surface area contributed by atoms with Crippen LogP contribution in [0.5, 0.6) is 34.5 Å². The number of Topliss-reactive ketones (excluding diaryl/α,β-unsaturated/α-hetero) is 4. The zero-order chi connectivity index (χ0) is 108. The van der Waals surface area contributed by atoms with Gasteiger partial charge in [0.15, 0.2) is 11.5 Å². The molecule has 12 rings (SSSR count). The van der Waals surface area contributed by atoms with E-state index in [9.17, 15) is 108 Å². The fourth-order valence-corrected chi connectivity index (χ4v) is 18.3. The zero-order valence-corrected chi connectivity index (χ0v) is 86.0. The third kappa shape index (κ3) is 27.8. The lowest BCUT2D eigenvalue weighted by atomic mass is 9.77. The monoisotopic (exact) mass is 2030 g/mol. The van der Waals surface area contributed by atoms with Gasteiger partial charge in [0, 0.05) is 182 Å². The molecule has 18 atom stereocenters. The molecule has 0 saturated carbocycles. The largest absolute Gasteiger partial charge is 0.507 e. The molecule has 794 valence electrons. The number of ketones is 4. The third-order valence-corrected chi connectivity index (χ3v) is 28.1. The Morgan fingerprint density at radius 3 is 1.32 bits per heavy atom. The Hall–Kier alpha value is -13.5. The minimum atomic E-state index is -2.09. The van der Waals surface area contributed by atoms with Gasteiger partial charge in [0.2, 0.25) is 17.6 Å². The van der Waals surface area contributed by atoms with Crippen LogP contribution in [0.25, 0.3) is 10.8 Å². The third-order valence-electron chi connectivity index (χ3n) is 28.1. The molecule has 8 heterocycles. The number of aliphatic hydroxyl groups is 4. The van der Waals surface area contributed by atoms with Gasteiger partial charge in [0.1, 0.15) is 97.1 Å². The van der Waals surface area contributed by atoms with Gasteiger partial charge in [-0.3, -0.25) is 67.8 Å². The minimum Gasteiger partial charge on any atom is -0.507 e. The molecule has 0 spiro atoms. The Morgan fingerprint density at radius 2 is 0.890 bits per heavy atom. The molecule has 2 saturated heterocycles. The lowest BCUT2D eigenvalue weighted by Crippen LogP contribution is -2.45. The Kier molecular flexibility index (Phi) is 40.9.